The average molecular weight is 451 g/mol. The van der Waals surface area contributed by atoms with E-state index >= 15 is 0 Å². The van der Waals surface area contributed by atoms with Crippen molar-refractivity contribution < 1.29 is 19.4 Å². The fourth-order valence-electron chi connectivity index (χ4n) is 4.00. The van der Waals surface area contributed by atoms with Gasteiger partial charge < -0.3 is 14.7 Å². The molecule has 1 amide bonds. The molecule has 2 aromatic rings. The van der Waals surface area contributed by atoms with Gasteiger partial charge in [-0.25, -0.2) is 0 Å². The van der Waals surface area contributed by atoms with Gasteiger partial charge in [0.1, 0.15) is 11.8 Å². The highest BCUT2D eigenvalue weighted by Gasteiger charge is 2.46. The van der Waals surface area contributed by atoms with Crippen molar-refractivity contribution in [2.45, 2.75) is 65.5 Å². The molecule has 6 nitrogen and oxygen atoms in total. The van der Waals surface area contributed by atoms with Gasteiger partial charge in [0.15, 0.2) is 0 Å². The maximum atomic E-state index is 13.2. The highest BCUT2D eigenvalue weighted by molar-refractivity contribution is 6.46. The fraction of sp³-hybridized carbons (Fsp3) is 0.444. The van der Waals surface area contributed by atoms with Crippen molar-refractivity contribution in [3.8, 4) is 0 Å². The second kappa shape index (κ2) is 9.87. The highest BCUT2D eigenvalue weighted by Crippen LogP contribution is 2.39. The van der Waals surface area contributed by atoms with E-state index in [-0.39, 0.29) is 22.9 Å². The number of ether oxygens (including phenoxy) is 1. The van der Waals surface area contributed by atoms with Crippen molar-refractivity contribution in [1.82, 2.24) is 9.88 Å². The second-order valence-corrected chi connectivity index (χ2v) is 9.80. The topological polar surface area (TPSA) is 79.7 Å². The summed E-state index contributed by atoms with van der Waals surface area (Å²) in [5.74, 6) is -1.47. The first-order valence-electron chi connectivity index (χ1n) is 11.4. The molecule has 1 atom stereocenters. The van der Waals surface area contributed by atoms with Crippen LogP contribution in [-0.2, 0) is 19.7 Å². The number of pyridine rings is 1. The van der Waals surface area contributed by atoms with Crippen LogP contribution in [0.4, 0.5) is 0 Å². The molecule has 0 aliphatic carbocycles. The minimum atomic E-state index is -0.747. The predicted octanol–water partition coefficient (Wildman–Crippen LogP) is 4.92. The van der Waals surface area contributed by atoms with Crippen LogP contribution in [0.2, 0.25) is 0 Å². The van der Waals surface area contributed by atoms with E-state index in [1.54, 1.807) is 18.3 Å². The number of aromatic nitrogens is 1. The number of nitrogens with zero attached hydrogens (tertiary/aromatic N) is 2. The van der Waals surface area contributed by atoms with Gasteiger partial charge in [0.2, 0.25) is 0 Å². The number of benzene rings is 1. The predicted molar refractivity (Wildman–Crippen MR) is 129 cm³/mol. The maximum Gasteiger partial charge on any atom is 0.295 e. The molecule has 1 aromatic heterocycles. The van der Waals surface area contributed by atoms with E-state index in [9.17, 15) is 14.7 Å². The van der Waals surface area contributed by atoms with E-state index in [4.69, 9.17) is 4.74 Å². The van der Waals surface area contributed by atoms with E-state index in [1.165, 1.54) is 4.90 Å². The number of rotatable bonds is 7. The Kier molecular flexibility index (Phi) is 7.38. The third kappa shape index (κ3) is 5.33. The Balaban J connectivity index is 2.09. The van der Waals surface area contributed by atoms with Crippen LogP contribution in [0.3, 0.4) is 0 Å². The first kappa shape index (κ1) is 24.6. The molecular formula is C27H34N2O4. The quantitative estimate of drug-likeness (QED) is 0.280. The number of hydrogen-bond donors (Lipinski definition) is 1. The van der Waals surface area contributed by atoms with E-state index in [1.807, 2.05) is 45.0 Å². The lowest BCUT2D eigenvalue weighted by molar-refractivity contribution is -0.140. The number of aliphatic hydroxyl groups excluding tert-OH is 1. The monoisotopic (exact) mass is 450 g/mol. The maximum absolute atomic E-state index is 13.2. The molecule has 1 saturated heterocycles. The molecule has 176 valence electrons. The molecule has 3 rings (SSSR count). The SMILES string of the molecule is Cc1ccc(C(C)(C)C)cc1/C(O)=C1\C(=O)C(=O)N(CCCOC(C)C)C1c1ccccn1. The molecule has 0 saturated carbocycles. The number of aryl methyl sites for hydroxylation is 1. The number of Topliss-reactive ketones (excluding diaryl/α,β-unsaturated/α-hetero) is 1. The number of carbonyl (C=O) groups is 2. The first-order chi connectivity index (χ1) is 15.5. The zero-order valence-corrected chi connectivity index (χ0v) is 20.4. The van der Waals surface area contributed by atoms with Gasteiger partial charge in [0.05, 0.1) is 17.4 Å². The lowest BCUT2D eigenvalue weighted by Crippen LogP contribution is -2.31. The lowest BCUT2D eigenvalue weighted by Gasteiger charge is -2.25. The number of carbonyl (C=O) groups excluding carboxylic acids is 2. The Hall–Kier alpha value is -2.99. The zero-order valence-electron chi connectivity index (χ0n) is 20.4. The van der Waals surface area contributed by atoms with Crippen LogP contribution in [0.1, 0.15) is 69.5 Å². The fourth-order valence-corrected chi connectivity index (χ4v) is 4.00. The van der Waals surface area contributed by atoms with Crippen molar-refractivity contribution >= 4 is 17.4 Å². The van der Waals surface area contributed by atoms with Crippen LogP contribution >= 0.6 is 0 Å². The molecule has 1 fully saturated rings. The van der Waals surface area contributed by atoms with Crippen LogP contribution < -0.4 is 0 Å². The summed E-state index contributed by atoms with van der Waals surface area (Å²) in [5.41, 5.74) is 2.92. The summed E-state index contributed by atoms with van der Waals surface area (Å²) in [5, 5.41) is 11.4. The van der Waals surface area contributed by atoms with Crippen molar-refractivity contribution in [1.29, 1.82) is 0 Å². The minimum Gasteiger partial charge on any atom is -0.507 e. The molecule has 6 heteroatoms. The van der Waals surface area contributed by atoms with Gasteiger partial charge in [-0.3, -0.25) is 14.6 Å². The molecular weight excluding hydrogens is 416 g/mol. The molecule has 1 aliphatic rings. The van der Waals surface area contributed by atoms with Gasteiger partial charge >= 0.3 is 0 Å². The van der Waals surface area contributed by atoms with Gasteiger partial charge in [-0.05, 0) is 61.9 Å². The molecule has 1 unspecified atom stereocenters. The smallest absolute Gasteiger partial charge is 0.295 e. The standard InChI is InChI=1S/C27H34N2O4/c1-17(2)33-15-9-14-29-23(21-10-7-8-13-28-21)22(25(31)26(29)32)24(30)20-16-19(27(4,5)6)12-11-18(20)3/h7-8,10-13,16-17,23,30H,9,14-15H2,1-6H3/b24-22+. The molecule has 0 radical (unpaired) electrons. The van der Waals surface area contributed by atoms with Crippen LogP contribution in [-0.4, -0.2) is 45.9 Å². The zero-order chi connectivity index (χ0) is 24.3. The summed E-state index contributed by atoms with van der Waals surface area (Å²) in [6.45, 7) is 12.9. The number of ketones is 1. The largest absolute Gasteiger partial charge is 0.507 e. The average Bonchev–Trinajstić information content (AvgIpc) is 3.01. The Labute approximate surface area is 196 Å². The van der Waals surface area contributed by atoms with Gasteiger partial charge in [0, 0.05) is 24.9 Å². The van der Waals surface area contributed by atoms with Gasteiger partial charge in [-0.2, -0.15) is 0 Å². The third-order valence-electron chi connectivity index (χ3n) is 5.86. The summed E-state index contributed by atoms with van der Waals surface area (Å²) in [6.07, 6.45) is 2.29. The van der Waals surface area contributed by atoms with Crippen molar-refractivity contribution in [2.24, 2.45) is 0 Å². The molecule has 0 bridgehead atoms. The summed E-state index contributed by atoms with van der Waals surface area (Å²) < 4.78 is 5.61. The highest BCUT2D eigenvalue weighted by atomic mass is 16.5. The van der Waals surface area contributed by atoms with Gasteiger partial charge in [-0.15, -0.1) is 0 Å². The van der Waals surface area contributed by atoms with E-state index in [0.29, 0.717) is 30.8 Å². The number of aliphatic hydroxyl groups is 1. The normalized spacial score (nSPS) is 18.4. The number of amides is 1. The van der Waals surface area contributed by atoms with Crippen LogP contribution in [0.25, 0.3) is 5.76 Å². The second-order valence-electron chi connectivity index (χ2n) is 9.80. The van der Waals surface area contributed by atoms with Crippen molar-refractivity contribution in [2.75, 3.05) is 13.2 Å². The van der Waals surface area contributed by atoms with Gasteiger partial charge in [-0.1, -0.05) is 39.0 Å². The molecule has 1 aromatic carbocycles. The Morgan fingerprint density at radius 2 is 1.91 bits per heavy atom. The van der Waals surface area contributed by atoms with Gasteiger partial charge in [0.25, 0.3) is 11.7 Å². The molecule has 1 aliphatic heterocycles. The molecule has 1 N–H and O–H groups in total. The van der Waals surface area contributed by atoms with Crippen molar-refractivity contribution in [3.05, 3.63) is 70.6 Å². The summed E-state index contributed by atoms with van der Waals surface area (Å²) in [7, 11) is 0. The first-order valence-corrected chi connectivity index (χ1v) is 11.4. The molecule has 0 spiro atoms. The Morgan fingerprint density at radius 1 is 1.18 bits per heavy atom. The number of likely N-dealkylation sites (tertiary alicyclic amines) is 1. The Morgan fingerprint density at radius 3 is 2.52 bits per heavy atom. The summed E-state index contributed by atoms with van der Waals surface area (Å²) in [4.78, 5) is 32.1. The summed E-state index contributed by atoms with van der Waals surface area (Å²) >= 11 is 0. The minimum absolute atomic E-state index is 0.0811. The third-order valence-corrected chi connectivity index (χ3v) is 5.86. The van der Waals surface area contributed by atoms with Crippen LogP contribution in [0, 0.1) is 6.92 Å². The van der Waals surface area contributed by atoms with E-state index in [2.05, 4.69) is 25.8 Å². The molecule has 2 heterocycles. The van der Waals surface area contributed by atoms with E-state index < -0.39 is 17.7 Å². The van der Waals surface area contributed by atoms with E-state index in [0.717, 1.165) is 11.1 Å². The van der Waals surface area contributed by atoms with Crippen LogP contribution in [0.15, 0.2) is 48.2 Å². The summed E-state index contributed by atoms with van der Waals surface area (Å²) in [6, 6.07) is 10.5. The molecule has 33 heavy (non-hydrogen) atoms. The Bertz CT molecular complexity index is 1050. The lowest BCUT2D eigenvalue weighted by atomic mass is 9.84. The van der Waals surface area contributed by atoms with Crippen molar-refractivity contribution in [3.63, 3.8) is 0 Å². The van der Waals surface area contributed by atoms with Crippen LogP contribution in [0.5, 0.6) is 0 Å². The number of hydrogen-bond acceptors (Lipinski definition) is 5.